The van der Waals surface area contributed by atoms with Gasteiger partial charge in [-0.25, -0.2) is 0 Å². The largest absolute Gasteiger partial charge is 0.454 e. The number of benzene rings is 1. The van der Waals surface area contributed by atoms with Gasteiger partial charge in [-0.1, -0.05) is 12.1 Å². The van der Waals surface area contributed by atoms with Crippen molar-refractivity contribution in [1.82, 2.24) is 15.0 Å². The number of rotatable bonds is 5. The first kappa shape index (κ1) is 15.1. The zero-order chi connectivity index (χ0) is 16.4. The summed E-state index contributed by atoms with van der Waals surface area (Å²) in [6.45, 7) is 0.995. The lowest BCUT2D eigenvalue weighted by molar-refractivity contribution is 0.173. The number of hydrogen-bond acceptors (Lipinski definition) is 8. The fourth-order valence-electron chi connectivity index (χ4n) is 2.32. The topological polar surface area (TPSA) is 89.6 Å². The van der Waals surface area contributed by atoms with Gasteiger partial charge in [0.1, 0.15) is 0 Å². The first-order valence-electron chi connectivity index (χ1n) is 7.32. The Labute approximate surface area is 134 Å². The van der Waals surface area contributed by atoms with Gasteiger partial charge in [0.15, 0.2) is 11.5 Å². The average molecular weight is 316 g/mol. The number of para-hydroxylation sites is 1. The Balaban J connectivity index is 1.73. The minimum Gasteiger partial charge on any atom is -0.454 e. The summed E-state index contributed by atoms with van der Waals surface area (Å²) in [5.41, 5.74) is 6.86. The molecule has 0 saturated carbocycles. The van der Waals surface area contributed by atoms with Gasteiger partial charge >= 0.3 is 0 Å². The number of nitrogens with zero attached hydrogens (tertiary/aromatic N) is 5. The predicted molar refractivity (Wildman–Crippen MR) is 88.1 cm³/mol. The lowest BCUT2D eigenvalue weighted by Gasteiger charge is -2.19. The third-order valence-electron chi connectivity index (χ3n) is 3.57. The highest BCUT2D eigenvalue weighted by molar-refractivity contribution is 5.49. The van der Waals surface area contributed by atoms with E-state index in [9.17, 15) is 0 Å². The van der Waals surface area contributed by atoms with Crippen LogP contribution < -0.4 is 25.0 Å². The van der Waals surface area contributed by atoms with Gasteiger partial charge in [0.25, 0.3) is 0 Å². The molecular weight excluding hydrogens is 296 g/mol. The fourth-order valence-corrected chi connectivity index (χ4v) is 2.32. The van der Waals surface area contributed by atoms with Crippen molar-refractivity contribution in [3.05, 3.63) is 23.8 Å². The van der Waals surface area contributed by atoms with Crippen LogP contribution in [0.5, 0.6) is 11.5 Å². The van der Waals surface area contributed by atoms with Crippen molar-refractivity contribution in [3.8, 4) is 11.5 Å². The molecule has 2 aromatic rings. The molecule has 0 aliphatic carbocycles. The Morgan fingerprint density at radius 3 is 2.65 bits per heavy atom. The molecule has 0 amide bonds. The molecule has 1 aliphatic rings. The van der Waals surface area contributed by atoms with Crippen LogP contribution in [-0.2, 0) is 6.42 Å². The van der Waals surface area contributed by atoms with Crippen LogP contribution >= 0.6 is 0 Å². The van der Waals surface area contributed by atoms with E-state index < -0.39 is 0 Å². The van der Waals surface area contributed by atoms with Crippen LogP contribution in [0.3, 0.4) is 0 Å². The lowest BCUT2D eigenvalue weighted by atomic mass is 10.1. The maximum atomic E-state index is 5.76. The van der Waals surface area contributed by atoms with Gasteiger partial charge in [-0.2, -0.15) is 15.0 Å². The maximum absolute atomic E-state index is 5.76. The quantitative estimate of drug-likeness (QED) is 0.871. The molecule has 2 heterocycles. The predicted octanol–water partition coefficient (Wildman–Crippen LogP) is 0.927. The minimum absolute atomic E-state index is 0.211. The van der Waals surface area contributed by atoms with Crippen LogP contribution in [0.2, 0.25) is 0 Å². The van der Waals surface area contributed by atoms with Crippen molar-refractivity contribution in [2.45, 2.75) is 6.42 Å². The molecule has 0 spiro atoms. The molecule has 0 radical (unpaired) electrons. The Kier molecular flexibility index (Phi) is 4.05. The van der Waals surface area contributed by atoms with Gasteiger partial charge in [-0.3, -0.25) is 0 Å². The van der Waals surface area contributed by atoms with E-state index in [-0.39, 0.29) is 12.7 Å². The second kappa shape index (κ2) is 6.15. The lowest BCUT2D eigenvalue weighted by Crippen LogP contribution is -2.25. The van der Waals surface area contributed by atoms with Crippen molar-refractivity contribution in [2.75, 3.05) is 50.0 Å². The molecule has 3 rings (SSSR count). The van der Waals surface area contributed by atoms with Gasteiger partial charge in [-0.15, -0.1) is 0 Å². The molecule has 0 bridgehead atoms. The molecule has 0 fully saturated rings. The monoisotopic (exact) mass is 316 g/mol. The summed E-state index contributed by atoms with van der Waals surface area (Å²) >= 11 is 0. The second-order valence-electron chi connectivity index (χ2n) is 5.51. The molecule has 8 heteroatoms. The average Bonchev–Trinajstić information content (AvgIpc) is 3.01. The summed E-state index contributed by atoms with van der Waals surface area (Å²) in [6, 6.07) is 5.91. The molecule has 1 aromatic carbocycles. The Morgan fingerprint density at radius 2 is 1.87 bits per heavy atom. The van der Waals surface area contributed by atoms with Crippen molar-refractivity contribution in [3.63, 3.8) is 0 Å². The molecule has 0 saturated heterocycles. The number of anilines is 3. The van der Waals surface area contributed by atoms with E-state index in [1.165, 1.54) is 0 Å². The zero-order valence-corrected chi connectivity index (χ0v) is 13.5. The number of aromatic nitrogens is 3. The molecule has 8 nitrogen and oxygen atoms in total. The highest BCUT2D eigenvalue weighted by Gasteiger charge is 2.18. The Bertz CT molecular complexity index is 706. The summed E-state index contributed by atoms with van der Waals surface area (Å²) in [7, 11) is 5.65. The summed E-state index contributed by atoms with van der Waals surface area (Å²) in [6.07, 6.45) is 0.784. The van der Waals surface area contributed by atoms with Crippen LogP contribution in [0.4, 0.5) is 17.8 Å². The highest BCUT2D eigenvalue weighted by Crippen LogP contribution is 2.35. The smallest absolute Gasteiger partial charge is 0.231 e. The zero-order valence-electron chi connectivity index (χ0n) is 13.5. The first-order valence-corrected chi connectivity index (χ1v) is 7.32. The number of hydrogen-bond donors (Lipinski definition) is 1. The van der Waals surface area contributed by atoms with E-state index in [1.807, 2.05) is 44.2 Å². The molecule has 1 aliphatic heterocycles. The highest BCUT2D eigenvalue weighted by atomic mass is 16.7. The van der Waals surface area contributed by atoms with Gasteiger partial charge in [0.05, 0.1) is 0 Å². The molecular formula is C15H20N6O2. The van der Waals surface area contributed by atoms with Crippen LogP contribution in [0.25, 0.3) is 0 Å². The van der Waals surface area contributed by atoms with Crippen molar-refractivity contribution in [1.29, 1.82) is 0 Å². The van der Waals surface area contributed by atoms with E-state index in [0.717, 1.165) is 30.0 Å². The molecule has 23 heavy (non-hydrogen) atoms. The number of nitrogens with two attached hydrogens (primary N) is 1. The van der Waals surface area contributed by atoms with Gasteiger partial charge in [-0.05, 0) is 18.1 Å². The van der Waals surface area contributed by atoms with Crippen molar-refractivity contribution >= 4 is 17.8 Å². The fraction of sp³-hybridized carbons (Fsp3) is 0.400. The standard InChI is InChI=1S/C15H20N6O2/c1-20(2)14-17-13(16)18-15(19-14)21(3)8-7-10-5-4-6-11-12(10)23-9-22-11/h4-6H,7-9H2,1-3H3,(H2,16,17,18,19). The van der Waals surface area contributed by atoms with E-state index >= 15 is 0 Å². The van der Waals surface area contributed by atoms with E-state index in [0.29, 0.717) is 11.9 Å². The molecule has 1 aromatic heterocycles. The Morgan fingerprint density at radius 1 is 1.09 bits per heavy atom. The van der Waals surface area contributed by atoms with E-state index in [2.05, 4.69) is 15.0 Å². The van der Waals surface area contributed by atoms with Crippen LogP contribution in [0.1, 0.15) is 5.56 Å². The number of ether oxygens (including phenoxy) is 2. The van der Waals surface area contributed by atoms with Crippen LogP contribution in [-0.4, -0.2) is 49.4 Å². The van der Waals surface area contributed by atoms with Crippen molar-refractivity contribution < 1.29 is 9.47 Å². The SMILES string of the molecule is CN(C)c1nc(N)nc(N(C)CCc2cccc3c2OCO3)n1. The molecule has 2 N–H and O–H groups in total. The number of likely N-dealkylation sites (N-methyl/N-ethyl adjacent to an activating group) is 1. The van der Waals surface area contributed by atoms with Gasteiger partial charge in [0, 0.05) is 27.7 Å². The minimum atomic E-state index is 0.211. The van der Waals surface area contributed by atoms with Gasteiger partial charge < -0.3 is 25.0 Å². The summed E-state index contributed by atoms with van der Waals surface area (Å²) in [4.78, 5) is 16.5. The molecule has 0 unspecified atom stereocenters. The second-order valence-corrected chi connectivity index (χ2v) is 5.51. The van der Waals surface area contributed by atoms with Crippen LogP contribution in [0.15, 0.2) is 18.2 Å². The van der Waals surface area contributed by atoms with E-state index in [1.54, 1.807) is 4.90 Å². The summed E-state index contributed by atoms with van der Waals surface area (Å²) in [5, 5.41) is 0. The molecule has 122 valence electrons. The summed E-state index contributed by atoms with van der Waals surface area (Å²) < 4.78 is 10.9. The third kappa shape index (κ3) is 3.20. The van der Waals surface area contributed by atoms with Crippen LogP contribution in [0, 0.1) is 0 Å². The molecule has 0 atom stereocenters. The number of fused-ring (bicyclic) bond motifs is 1. The van der Waals surface area contributed by atoms with Gasteiger partial charge in [0.2, 0.25) is 24.6 Å². The summed E-state index contributed by atoms with van der Waals surface area (Å²) in [5.74, 6) is 2.92. The third-order valence-corrected chi connectivity index (χ3v) is 3.57. The Hall–Kier alpha value is -2.77. The van der Waals surface area contributed by atoms with E-state index in [4.69, 9.17) is 15.2 Å². The first-order chi connectivity index (χ1) is 11.0. The van der Waals surface area contributed by atoms with Crippen molar-refractivity contribution in [2.24, 2.45) is 0 Å². The normalized spacial score (nSPS) is 12.3. The maximum Gasteiger partial charge on any atom is 0.231 e. The number of nitrogen functional groups attached to an aromatic ring is 1.